The van der Waals surface area contributed by atoms with Crippen molar-refractivity contribution in [3.8, 4) is 0 Å². The molecule has 0 amide bonds. The van der Waals surface area contributed by atoms with E-state index in [1.807, 2.05) is 27.1 Å². The number of rotatable bonds is 7. The van der Waals surface area contributed by atoms with Crippen LogP contribution in [0.4, 0.5) is 5.69 Å². The number of nitrogen functional groups attached to an aromatic ring is 1. The second-order valence-corrected chi connectivity index (χ2v) is 7.04. The molecule has 0 saturated heterocycles. The summed E-state index contributed by atoms with van der Waals surface area (Å²) in [6.45, 7) is 5.05. The smallest absolute Gasteiger partial charge is 0.242 e. The first-order valence-electron chi connectivity index (χ1n) is 6.76. The molecule has 0 aliphatic rings. The maximum absolute atomic E-state index is 12.3. The molecule has 5 nitrogen and oxygen atoms in total. The first kappa shape index (κ1) is 16.9. The second-order valence-electron chi connectivity index (χ2n) is 5.33. The van der Waals surface area contributed by atoms with E-state index in [1.165, 1.54) is 0 Å². The molecule has 0 aliphatic carbocycles. The van der Waals surface area contributed by atoms with Crippen LogP contribution in [0.1, 0.15) is 24.0 Å². The lowest BCUT2D eigenvalue weighted by atomic mass is 10.1. The number of hydrogen-bond acceptors (Lipinski definition) is 4. The van der Waals surface area contributed by atoms with E-state index in [-0.39, 0.29) is 4.90 Å². The van der Waals surface area contributed by atoms with Gasteiger partial charge in [0, 0.05) is 6.54 Å². The molecule has 0 atom stereocenters. The van der Waals surface area contributed by atoms with Gasteiger partial charge < -0.3 is 10.6 Å². The third-order valence-corrected chi connectivity index (χ3v) is 4.96. The van der Waals surface area contributed by atoms with Gasteiger partial charge in [-0.15, -0.1) is 0 Å². The molecule has 1 rings (SSSR count). The highest BCUT2D eigenvalue weighted by Gasteiger charge is 2.20. The van der Waals surface area contributed by atoms with Crippen LogP contribution in [0.5, 0.6) is 0 Å². The number of aryl methyl sites for hydroxylation is 1. The van der Waals surface area contributed by atoms with Crippen molar-refractivity contribution in [3.05, 3.63) is 23.3 Å². The molecule has 0 radical (unpaired) electrons. The van der Waals surface area contributed by atoms with Crippen LogP contribution in [-0.2, 0) is 10.0 Å². The van der Waals surface area contributed by atoms with E-state index in [2.05, 4.69) is 9.62 Å². The monoisotopic (exact) mass is 299 g/mol. The minimum atomic E-state index is -3.53. The summed E-state index contributed by atoms with van der Waals surface area (Å²) in [6, 6.07) is 3.48. The number of benzene rings is 1. The fraction of sp³-hybridized carbons (Fsp3) is 0.571. The molecule has 1 aromatic carbocycles. The number of anilines is 1. The molecule has 0 aliphatic heterocycles. The summed E-state index contributed by atoms with van der Waals surface area (Å²) in [6.07, 6.45) is 1.76. The van der Waals surface area contributed by atoms with Gasteiger partial charge in [0.1, 0.15) is 4.90 Å². The predicted octanol–water partition coefficient (Wildman–Crippen LogP) is 1.51. The van der Waals surface area contributed by atoms with Gasteiger partial charge in [-0.3, -0.25) is 0 Å². The first-order chi connectivity index (χ1) is 9.25. The van der Waals surface area contributed by atoms with E-state index >= 15 is 0 Å². The van der Waals surface area contributed by atoms with E-state index in [0.717, 1.165) is 24.9 Å². The third kappa shape index (κ3) is 4.47. The zero-order chi connectivity index (χ0) is 15.3. The predicted molar refractivity (Wildman–Crippen MR) is 83.3 cm³/mol. The molecular formula is C14H25N3O2S. The maximum atomic E-state index is 12.3. The topological polar surface area (TPSA) is 75.4 Å². The molecule has 0 fully saturated rings. The minimum Gasteiger partial charge on any atom is -0.398 e. The van der Waals surface area contributed by atoms with E-state index in [0.29, 0.717) is 17.8 Å². The Morgan fingerprint density at radius 1 is 1.20 bits per heavy atom. The summed E-state index contributed by atoms with van der Waals surface area (Å²) in [4.78, 5) is 2.29. The van der Waals surface area contributed by atoms with Gasteiger partial charge in [0.2, 0.25) is 10.0 Å². The summed E-state index contributed by atoms with van der Waals surface area (Å²) in [5.41, 5.74) is 7.76. The lowest BCUT2D eigenvalue weighted by Crippen LogP contribution is -2.27. The molecule has 0 bridgehead atoms. The van der Waals surface area contributed by atoms with Gasteiger partial charge in [-0.25, -0.2) is 13.1 Å². The van der Waals surface area contributed by atoms with E-state index in [1.54, 1.807) is 13.0 Å². The summed E-state index contributed by atoms with van der Waals surface area (Å²) in [5.74, 6) is 0. The Kier molecular flexibility index (Phi) is 5.98. The van der Waals surface area contributed by atoms with Gasteiger partial charge >= 0.3 is 0 Å². The number of sulfonamides is 1. The highest BCUT2D eigenvalue weighted by Crippen LogP contribution is 2.24. The summed E-state index contributed by atoms with van der Waals surface area (Å²) in [7, 11) is 0.468. The molecule has 3 N–H and O–H groups in total. The van der Waals surface area contributed by atoms with Crippen molar-refractivity contribution in [1.82, 2.24) is 9.62 Å². The van der Waals surface area contributed by atoms with Gasteiger partial charge in [-0.05, 0) is 64.5 Å². The molecule has 20 heavy (non-hydrogen) atoms. The van der Waals surface area contributed by atoms with Crippen LogP contribution < -0.4 is 10.5 Å². The molecule has 0 unspecified atom stereocenters. The Labute approximate surface area is 122 Å². The number of nitrogens with one attached hydrogen (secondary N) is 1. The van der Waals surface area contributed by atoms with E-state index < -0.39 is 10.0 Å². The summed E-state index contributed by atoms with van der Waals surface area (Å²) < 4.78 is 27.3. The van der Waals surface area contributed by atoms with Crippen molar-refractivity contribution in [1.29, 1.82) is 0 Å². The average Bonchev–Trinajstić information content (AvgIpc) is 2.33. The summed E-state index contributed by atoms with van der Waals surface area (Å²) in [5, 5.41) is 0. The van der Waals surface area contributed by atoms with Crippen molar-refractivity contribution in [2.24, 2.45) is 0 Å². The molecule has 6 heteroatoms. The number of nitrogens with two attached hydrogens (primary N) is 1. The number of nitrogens with zero attached hydrogens (tertiary/aromatic N) is 1. The van der Waals surface area contributed by atoms with Gasteiger partial charge in [-0.1, -0.05) is 6.07 Å². The van der Waals surface area contributed by atoms with E-state index in [9.17, 15) is 8.42 Å². The molecule has 0 spiro atoms. The van der Waals surface area contributed by atoms with Crippen LogP contribution >= 0.6 is 0 Å². The van der Waals surface area contributed by atoms with Crippen molar-refractivity contribution in [2.75, 3.05) is 32.9 Å². The Morgan fingerprint density at radius 2 is 1.85 bits per heavy atom. The Balaban J connectivity index is 2.73. The maximum Gasteiger partial charge on any atom is 0.242 e. The van der Waals surface area contributed by atoms with Crippen molar-refractivity contribution in [3.63, 3.8) is 0 Å². The Morgan fingerprint density at radius 3 is 2.45 bits per heavy atom. The number of hydrogen-bond donors (Lipinski definition) is 2. The minimum absolute atomic E-state index is 0.213. The van der Waals surface area contributed by atoms with Gasteiger partial charge in [0.25, 0.3) is 0 Å². The van der Waals surface area contributed by atoms with E-state index in [4.69, 9.17) is 5.73 Å². The Bertz CT molecular complexity index is 554. The third-order valence-electron chi connectivity index (χ3n) is 3.30. The van der Waals surface area contributed by atoms with Gasteiger partial charge in [0.05, 0.1) is 5.69 Å². The fourth-order valence-corrected chi connectivity index (χ4v) is 3.50. The normalized spacial score (nSPS) is 12.1. The van der Waals surface area contributed by atoms with Gasteiger partial charge in [0.15, 0.2) is 0 Å². The standard InChI is InChI=1S/C14H25N3O2S/c1-11-7-8-13(15)14(12(11)2)20(18,19)16-9-5-6-10-17(3)4/h7-8,16H,5-6,9-10,15H2,1-4H3. The van der Waals surface area contributed by atoms with Crippen molar-refractivity contribution >= 4 is 15.7 Å². The van der Waals surface area contributed by atoms with Crippen LogP contribution in [0, 0.1) is 13.8 Å². The zero-order valence-corrected chi connectivity index (χ0v) is 13.5. The molecular weight excluding hydrogens is 274 g/mol. The van der Waals surface area contributed by atoms with Crippen LogP contribution in [0.15, 0.2) is 17.0 Å². The molecule has 0 saturated carbocycles. The Hall–Kier alpha value is -1.11. The highest BCUT2D eigenvalue weighted by molar-refractivity contribution is 7.89. The molecule has 1 aromatic rings. The second kappa shape index (κ2) is 7.06. The highest BCUT2D eigenvalue weighted by atomic mass is 32.2. The quantitative estimate of drug-likeness (QED) is 0.591. The lowest BCUT2D eigenvalue weighted by Gasteiger charge is -2.14. The fourth-order valence-electron chi connectivity index (χ4n) is 2.00. The molecule has 114 valence electrons. The molecule has 0 heterocycles. The zero-order valence-electron chi connectivity index (χ0n) is 12.7. The largest absolute Gasteiger partial charge is 0.398 e. The van der Waals surface area contributed by atoms with Crippen LogP contribution in [0.3, 0.4) is 0 Å². The van der Waals surface area contributed by atoms with Gasteiger partial charge in [-0.2, -0.15) is 0 Å². The van der Waals surface area contributed by atoms with Crippen LogP contribution in [-0.4, -0.2) is 40.5 Å². The SMILES string of the molecule is Cc1ccc(N)c(S(=O)(=O)NCCCCN(C)C)c1C. The van der Waals surface area contributed by atoms with Crippen molar-refractivity contribution < 1.29 is 8.42 Å². The average molecular weight is 299 g/mol. The van der Waals surface area contributed by atoms with Crippen LogP contribution in [0.2, 0.25) is 0 Å². The van der Waals surface area contributed by atoms with Crippen molar-refractivity contribution in [2.45, 2.75) is 31.6 Å². The first-order valence-corrected chi connectivity index (χ1v) is 8.24. The lowest BCUT2D eigenvalue weighted by molar-refractivity contribution is 0.394. The summed E-state index contributed by atoms with van der Waals surface area (Å²) >= 11 is 0. The number of unbranched alkanes of at least 4 members (excludes halogenated alkanes) is 1. The van der Waals surface area contributed by atoms with Crippen LogP contribution in [0.25, 0.3) is 0 Å². The molecule has 0 aromatic heterocycles.